The normalized spacial score (nSPS) is 11.7. The molecule has 2 aromatic carbocycles. The highest BCUT2D eigenvalue weighted by Crippen LogP contribution is 2.23. The molecule has 0 bridgehead atoms. The Labute approximate surface area is 171 Å². The zero-order valence-electron chi connectivity index (χ0n) is 17.4. The molecular weight excluding hydrogens is 370 g/mol. The number of ketones is 1. The van der Waals surface area contributed by atoms with Crippen molar-refractivity contribution in [3.8, 4) is 5.75 Å². The number of benzene rings is 2. The van der Waals surface area contributed by atoms with Gasteiger partial charge in [-0.1, -0.05) is 19.9 Å². The summed E-state index contributed by atoms with van der Waals surface area (Å²) in [6, 6.07) is 12.2. The summed E-state index contributed by atoms with van der Waals surface area (Å²) >= 11 is 0. The lowest BCUT2D eigenvalue weighted by molar-refractivity contribution is -0.155. The first-order valence-electron chi connectivity index (χ1n) is 9.52. The van der Waals surface area contributed by atoms with Gasteiger partial charge in [-0.05, 0) is 74.2 Å². The van der Waals surface area contributed by atoms with Gasteiger partial charge in [-0.15, -0.1) is 0 Å². The molecule has 0 aromatic heterocycles. The molecule has 6 nitrogen and oxygen atoms in total. The molecule has 0 aliphatic rings. The molecule has 1 atom stereocenters. The number of nitrogens with one attached hydrogen (secondary N) is 1. The Hall–Kier alpha value is -3.15. The first-order valence-corrected chi connectivity index (χ1v) is 9.52. The Balaban J connectivity index is 1.84. The van der Waals surface area contributed by atoms with E-state index < -0.39 is 18.0 Å². The minimum absolute atomic E-state index is 0.0563. The highest BCUT2D eigenvalue weighted by atomic mass is 16.6. The van der Waals surface area contributed by atoms with Gasteiger partial charge in [0.1, 0.15) is 5.75 Å². The van der Waals surface area contributed by atoms with Crippen molar-refractivity contribution >= 4 is 23.3 Å². The first-order chi connectivity index (χ1) is 13.7. The summed E-state index contributed by atoms with van der Waals surface area (Å²) < 4.78 is 10.6. The van der Waals surface area contributed by atoms with Crippen LogP contribution in [0.1, 0.15) is 55.1 Å². The Bertz CT molecular complexity index is 887. The smallest absolute Gasteiger partial charge is 0.344 e. The van der Waals surface area contributed by atoms with E-state index in [1.54, 1.807) is 24.3 Å². The van der Waals surface area contributed by atoms with Gasteiger partial charge in [-0.25, -0.2) is 4.79 Å². The van der Waals surface area contributed by atoms with Crippen LogP contribution in [0.3, 0.4) is 0 Å². The number of carbonyl (C=O) groups is 3. The van der Waals surface area contributed by atoms with E-state index in [0.29, 0.717) is 22.9 Å². The minimum Gasteiger partial charge on any atom is -0.482 e. The summed E-state index contributed by atoms with van der Waals surface area (Å²) in [4.78, 5) is 35.5. The van der Waals surface area contributed by atoms with Crippen molar-refractivity contribution in [1.82, 2.24) is 0 Å². The molecule has 154 valence electrons. The number of anilines is 1. The number of aryl methyl sites for hydroxylation is 1. The second-order valence-corrected chi connectivity index (χ2v) is 7.22. The maximum atomic E-state index is 12.2. The van der Waals surface area contributed by atoms with Crippen LogP contribution in [0.4, 0.5) is 5.69 Å². The van der Waals surface area contributed by atoms with Crippen molar-refractivity contribution in [1.29, 1.82) is 0 Å². The molecule has 0 fully saturated rings. The Morgan fingerprint density at radius 2 is 1.66 bits per heavy atom. The van der Waals surface area contributed by atoms with E-state index in [-0.39, 0.29) is 12.4 Å². The fraction of sp³-hybridized carbons (Fsp3) is 0.348. The lowest BCUT2D eigenvalue weighted by Crippen LogP contribution is -2.31. The lowest BCUT2D eigenvalue weighted by Gasteiger charge is -2.15. The predicted octanol–water partition coefficient (Wildman–Crippen LogP) is 4.27. The molecule has 0 aliphatic heterocycles. The number of ether oxygens (including phenoxy) is 2. The quantitative estimate of drug-likeness (QED) is 0.531. The molecule has 0 radical (unpaired) electrons. The van der Waals surface area contributed by atoms with E-state index in [9.17, 15) is 14.4 Å². The highest BCUT2D eigenvalue weighted by molar-refractivity contribution is 5.97. The molecule has 1 amide bonds. The van der Waals surface area contributed by atoms with E-state index in [2.05, 4.69) is 19.2 Å². The standard InChI is InChI=1S/C23H27NO5/c1-14(2)21-11-10-20(12-15(21)3)28-13-22(26)29-17(5)23(27)24-19-8-6-18(7-9-19)16(4)25/h6-12,14,17H,13H2,1-5H3,(H,24,27). The fourth-order valence-corrected chi connectivity index (χ4v) is 2.84. The van der Waals surface area contributed by atoms with Crippen LogP contribution in [0.5, 0.6) is 5.75 Å². The summed E-state index contributed by atoms with van der Waals surface area (Å²) in [5.41, 5.74) is 3.38. The van der Waals surface area contributed by atoms with Crippen molar-refractivity contribution in [2.75, 3.05) is 11.9 Å². The molecule has 0 aliphatic carbocycles. The third-order valence-electron chi connectivity index (χ3n) is 4.46. The summed E-state index contributed by atoms with van der Waals surface area (Å²) in [6.07, 6.45) is -0.983. The van der Waals surface area contributed by atoms with Crippen LogP contribution in [-0.4, -0.2) is 30.4 Å². The van der Waals surface area contributed by atoms with Gasteiger partial charge in [0.15, 0.2) is 18.5 Å². The van der Waals surface area contributed by atoms with Crippen molar-refractivity contribution < 1.29 is 23.9 Å². The molecule has 6 heteroatoms. The Morgan fingerprint density at radius 1 is 1.00 bits per heavy atom. The van der Waals surface area contributed by atoms with Gasteiger partial charge in [0.2, 0.25) is 0 Å². The zero-order valence-corrected chi connectivity index (χ0v) is 17.4. The second-order valence-electron chi connectivity index (χ2n) is 7.22. The van der Waals surface area contributed by atoms with E-state index in [0.717, 1.165) is 5.56 Å². The SMILES string of the molecule is CC(=O)c1ccc(NC(=O)C(C)OC(=O)COc2ccc(C(C)C)c(C)c2)cc1. The van der Waals surface area contributed by atoms with Gasteiger partial charge < -0.3 is 14.8 Å². The summed E-state index contributed by atoms with van der Waals surface area (Å²) in [5, 5.41) is 2.64. The van der Waals surface area contributed by atoms with E-state index in [1.165, 1.54) is 19.4 Å². The largest absolute Gasteiger partial charge is 0.482 e. The molecule has 1 N–H and O–H groups in total. The van der Waals surface area contributed by atoms with Gasteiger partial charge in [0, 0.05) is 11.3 Å². The van der Waals surface area contributed by atoms with Crippen LogP contribution in [0.15, 0.2) is 42.5 Å². The van der Waals surface area contributed by atoms with Crippen molar-refractivity contribution in [3.05, 3.63) is 59.2 Å². The van der Waals surface area contributed by atoms with Gasteiger partial charge in [0.05, 0.1) is 0 Å². The van der Waals surface area contributed by atoms with E-state index >= 15 is 0 Å². The van der Waals surface area contributed by atoms with Crippen molar-refractivity contribution in [3.63, 3.8) is 0 Å². The molecule has 0 heterocycles. The highest BCUT2D eigenvalue weighted by Gasteiger charge is 2.18. The maximum absolute atomic E-state index is 12.2. The van der Waals surface area contributed by atoms with Gasteiger partial charge in [0.25, 0.3) is 5.91 Å². The molecular formula is C23H27NO5. The number of esters is 1. The van der Waals surface area contributed by atoms with Gasteiger partial charge >= 0.3 is 5.97 Å². The Morgan fingerprint density at radius 3 is 2.21 bits per heavy atom. The van der Waals surface area contributed by atoms with Crippen molar-refractivity contribution in [2.24, 2.45) is 0 Å². The average molecular weight is 397 g/mol. The van der Waals surface area contributed by atoms with E-state index in [1.807, 2.05) is 25.1 Å². The number of hydrogen-bond donors (Lipinski definition) is 1. The monoisotopic (exact) mass is 397 g/mol. The third kappa shape index (κ3) is 6.45. The molecule has 2 aromatic rings. The molecule has 1 unspecified atom stereocenters. The second kappa shape index (κ2) is 9.87. The predicted molar refractivity (Wildman–Crippen MR) is 111 cm³/mol. The van der Waals surface area contributed by atoms with Gasteiger partial charge in [-0.3, -0.25) is 9.59 Å². The number of carbonyl (C=O) groups excluding carboxylic acids is 3. The first kappa shape index (κ1) is 22.1. The van der Waals surface area contributed by atoms with Crippen LogP contribution in [0.25, 0.3) is 0 Å². The number of rotatable bonds is 8. The number of amides is 1. The maximum Gasteiger partial charge on any atom is 0.344 e. The average Bonchev–Trinajstić information content (AvgIpc) is 2.66. The summed E-state index contributed by atoms with van der Waals surface area (Å²) in [6.45, 7) is 8.89. The molecule has 0 saturated carbocycles. The summed E-state index contributed by atoms with van der Waals surface area (Å²) in [5.74, 6) is -0.172. The number of Topliss-reactive ketones (excluding diaryl/α,β-unsaturated/α-hetero) is 1. The molecule has 2 rings (SSSR count). The molecule has 0 spiro atoms. The molecule has 29 heavy (non-hydrogen) atoms. The molecule has 0 saturated heterocycles. The third-order valence-corrected chi connectivity index (χ3v) is 4.46. The topological polar surface area (TPSA) is 81.7 Å². The Kier molecular flexibility index (Phi) is 7.53. The van der Waals surface area contributed by atoms with Crippen LogP contribution >= 0.6 is 0 Å². The van der Waals surface area contributed by atoms with Crippen LogP contribution < -0.4 is 10.1 Å². The van der Waals surface area contributed by atoms with Gasteiger partial charge in [-0.2, -0.15) is 0 Å². The van der Waals surface area contributed by atoms with E-state index in [4.69, 9.17) is 9.47 Å². The van der Waals surface area contributed by atoms with Crippen molar-refractivity contribution in [2.45, 2.75) is 46.6 Å². The minimum atomic E-state index is -0.983. The summed E-state index contributed by atoms with van der Waals surface area (Å²) in [7, 11) is 0. The lowest BCUT2D eigenvalue weighted by atomic mass is 9.98. The van der Waals surface area contributed by atoms with Crippen LogP contribution in [0, 0.1) is 6.92 Å². The fourth-order valence-electron chi connectivity index (χ4n) is 2.84. The zero-order chi connectivity index (χ0) is 21.6. The number of hydrogen-bond acceptors (Lipinski definition) is 5. The van der Waals surface area contributed by atoms with Crippen LogP contribution in [-0.2, 0) is 14.3 Å². The van der Waals surface area contributed by atoms with Crippen LogP contribution in [0.2, 0.25) is 0 Å².